The molecule has 1 fully saturated rings. The van der Waals surface area contributed by atoms with Crippen LogP contribution >= 0.6 is 0 Å². The second-order valence-electron chi connectivity index (χ2n) is 4.62. The molecule has 1 saturated heterocycles. The van der Waals surface area contributed by atoms with E-state index in [1.54, 1.807) is 7.11 Å². The van der Waals surface area contributed by atoms with Crippen molar-refractivity contribution in [1.29, 1.82) is 0 Å². The summed E-state index contributed by atoms with van der Waals surface area (Å²) in [4.78, 5) is 2.54. The Morgan fingerprint density at radius 1 is 1.31 bits per heavy atom. The smallest absolute Gasteiger partial charge is 0.0700 e. The van der Waals surface area contributed by atoms with Gasteiger partial charge in [0.05, 0.1) is 19.8 Å². The van der Waals surface area contributed by atoms with E-state index >= 15 is 0 Å². The van der Waals surface area contributed by atoms with Crippen LogP contribution in [0.5, 0.6) is 0 Å². The van der Waals surface area contributed by atoms with Gasteiger partial charge in [-0.15, -0.1) is 0 Å². The van der Waals surface area contributed by atoms with Crippen LogP contribution in [-0.2, 0) is 9.47 Å². The first-order chi connectivity index (χ1) is 7.73. The van der Waals surface area contributed by atoms with E-state index in [0.29, 0.717) is 18.8 Å². The lowest BCUT2D eigenvalue weighted by Gasteiger charge is -2.44. The van der Waals surface area contributed by atoms with Crippen molar-refractivity contribution in [2.75, 3.05) is 53.1 Å². The molecule has 0 radical (unpaired) electrons. The molecular formula is C12H26N2O2. The number of piperazine rings is 1. The molecule has 0 aromatic heterocycles. The predicted octanol–water partition coefficient (Wildman–Crippen LogP) is 0.723. The molecule has 0 aliphatic carbocycles. The van der Waals surface area contributed by atoms with Crippen molar-refractivity contribution in [3.8, 4) is 0 Å². The van der Waals surface area contributed by atoms with Crippen LogP contribution in [0, 0.1) is 0 Å². The molecule has 4 heteroatoms. The molecule has 0 aromatic rings. The van der Waals surface area contributed by atoms with Gasteiger partial charge >= 0.3 is 0 Å². The standard InChI is InChI=1S/C12H26N2O2/c1-4-12(2)11-13-5-6-14(12)7-8-16-10-9-15-3/h13H,4-11H2,1-3H3. The summed E-state index contributed by atoms with van der Waals surface area (Å²) < 4.78 is 10.5. The normalized spacial score (nSPS) is 27.2. The molecule has 1 heterocycles. The maximum Gasteiger partial charge on any atom is 0.0700 e. The van der Waals surface area contributed by atoms with Gasteiger partial charge in [-0.05, 0) is 13.3 Å². The van der Waals surface area contributed by atoms with E-state index in [2.05, 4.69) is 24.1 Å². The van der Waals surface area contributed by atoms with Crippen LogP contribution < -0.4 is 5.32 Å². The minimum Gasteiger partial charge on any atom is -0.382 e. The number of hydrogen-bond donors (Lipinski definition) is 1. The molecule has 0 aromatic carbocycles. The third-order valence-electron chi connectivity index (χ3n) is 3.53. The minimum atomic E-state index is 0.295. The molecular weight excluding hydrogens is 204 g/mol. The number of nitrogens with one attached hydrogen (secondary N) is 1. The zero-order valence-electron chi connectivity index (χ0n) is 10.9. The van der Waals surface area contributed by atoms with Gasteiger partial charge in [-0.3, -0.25) is 4.90 Å². The summed E-state index contributed by atoms with van der Waals surface area (Å²) in [6.07, 6.45) is 1.18. The van der Waals surface area contributed by atoms with Gasteiger partial charge in [-0.1, -0.05) is 6.92 Å². The van der Waals surface area contributed by atoms with Gasteiger partial charge in [0.15, 0.2) is 0 Å². The molecule has 96 valence electrons. The van der Waals surface area contributed by atoms with Crippen LogP contribution in [0.1, 0.15) is 20.3 Å². The topological polar surface area (TPSA) is 33.7 Å². The number of methoxy groups -OCH3 is 1. The molecule has 1 rings (SSSR count). The van der Waals surface area contributed by atoms with Crippen molar-refractivity contribution in [2.24, 2.45) is 0 Å². The summed E-state index contributed by atoms with van der Waals surface area (Å²) in [5.41, 5.74) is 0.295. The average molecular weight is 230 g/mol. The van der Waals surface area contributed by atoms with Gasteiger partial charge in [-0.25, -0.2) is 0 Å². The van der Waals surface area contributed by atoms with E-state index < -0.39 is 0 Å². The zero-order valence-corrected chi connectivity index (χ0v) is 10.9. The van der Waals surface area contributed by atoms with E-state index in [1.165, 1.54) is 6.42 Å². The van der Waals surface area contributed by atoms with Gasteiger partial charge in [0.2, 0.25) is 0 Å². The van der Waals surface area contributed by atoms with E-state index in [4.69, 9.17) is 9.47 Å². The van der Waals surface area contributed by atoms with Gasteiger partial charge in [-0.2, -0.15) is 0 Å². The summed E-state index contributed by atoms with van der Waals surface area (Å²) in [6.45, 7) is 11.1. The summed E-state index contributed by atoms with van der Waals surface area (Å²) in [7, 11) is 1.70. The second-order valence-corrected chi connectivity index (χ2v) is 4.62. The maximum atomic E-state index is 5.53. The van der Waals surface area contributed by atoms with Crippen LogP contribution in [0.2, 0.25) is 0 Å². The highest BCUT2D eigenvalue weighted by atomic mass is 16.5. The Morgan fingerprint density at radius 3 is 2.81 bits per heavy atom. The molecule has 0 amide bonds. The summed E-state index contributed by atoms with van der Waals surface area (Å²) in [6, 6.07) is 0. The molecule has 1 atom stereocenters. The van der Waals surface area contributed by atoms with Gasteiger partial charge in [0.25, 0.3) is 0 Å². The fourth-order valence-electron chi connectivity index (χ4n) is 2.10. The third-order valence-corrected chi connectivity index (χ3v) is 3.53. The minimum absolute atomic E-state index is 0.295. The van der Waals surface area contributed by atoms with Crippen LogP contribution in [-0.4, -0.2) is 63.5 Å². The summed E-state index contributed by atoms with van der Waals surface area (Å²) in [5, 5.41) is 3.46. The average Bonchev–Trinajstić information content (AvgIpc) is 2.31. The lowest BCUT2D eigenvalue weighted by Crippen LogP contribution is -2.59. The van der Waals surface area contributed by atoms with Crippen LogP contribution in [0.3, 0.4) is 0 Å². The largest absolute Gasteiger partial charge is 0.382 e. The molecule has 0 bridgehead atoms. The van der Waals surface area contributed by atoms with E-state index in [0.717, 1.165) is 32.8 Å². The Bertz CT molecular complexity index is 190. The maximum absolute atomic E-state index is 5.53. The van der Waals surface area contributed by atoms with Gasteiger partial charge in [0, 0.05) is 38.8 Å². The van der Waals surface area contributed by atoms with Crippen molar-refractivity contribution in [2.45, 2.75) is 25.8 Å². The van der Waals surface area contributed by atoms with Gasteiger partial charge < -0.3 is 14.8 Å². The van der Waals surface area contributed by atoms with Crippen LogP contribution in [0.15, 0.2) is 0 Å². The van der Waals surface area contributed by atoms with Crippen LogP contribution in [0.4, 0.5) is 0 Å². The fourth-order valence-corrected chi connectivity index (χ4v) is 2.10. The van der Waals surface area contributed by atoms with E-state index in [-0.39, 0.29) is 0 Å². The lowest BCUT2D eigenvalue weighted by atomic mass is 9.94. The Morgan fingerprint density at radius 2 is 2.12 bits per heavy atom. The Balaban J connectivity index is 2.22. The number of nitrogens with zero attached hydrogens (tertiary/aromatic N) is 1. The SMILES string of the molecule is CCC1(C)CNCCN1CCOCCOC. The Labute approximate surface area is 99.3 Å². The van der Waals surface area contributed by atoms with E-state index in [1.807, 2.05) is 0 Å². The Hall–Kier alpha value is -0.160. The highest BCUT2D eigenvalue weighted by Gasteiger charge is 2.31. The van der Waals surface area contributed by atoms with Crippen molar-refractivity contribution in [3.05, 3.63) is 0 Å². The lowest BCUT2D eigenvalue weighted by molar-refractivity contribution is 0.0178. The molecule has 0 spiro atoms. The predicted molar refractivity (Wildman–Crippen MR) is 65.8 cm³/mol. The molecule has 16 heavy (non-hydrogen) atoms. The molecule has 1 aliphatic rings. The molecule has 1 unspecified atom stereocenters. The first-order valence-electron chi connectivity index (χ1n) is 6.25. The number of hydrogen-bond acceptors (Lipinski definition) is 4. The summed E-state index contributed by atoms with van der Waals surface area (Å²) in [5.74, 6) is 0. The molecule has 1 N–H and O–H groups in total. The molecule has 0 saturated carbocycles. The quantitative estimate of drug-likeness (QED) is 0.654. The van der Waals surface area contributed by atoms with Crippen LogP contribution in [0.25, 0.3) is 0 Å². The highest BCUT2D eigenvalue weighted by molar-refractivity contribution is 4.90. The molecule has 4 nitrogen and oxygen atoms in total. The van der Waals surface area contributed by atoms with Gasteiger partial charge in [0.1, 0.15) is 0 Å². The van der Waals surface area contributed by atoms with Crippen molar-refractivity contribution >= 4 is 0 Å². The number of ether oxygens (including phenoxy) is 2. The number of rotatable bonds is 7. The monoisotopic (exact) mass is 230 g/mol. The molecule has 1 aliphatic heterocycles. The van der Waals surface area contributed by atoms with Crippen molar-refractivity contribution in [1.82, 2.24) is 10.2 Å². The first-order valence-corrected chi connectivity index (χ1v) is 6.25. The van der Waals surface area contributed by atoms with Crippen molar-refractivity contribution < 1.29 is 9.47 Å². The third kappa shape index (κ3) is 4.01. The first kappa shape index (κ1) is 13.9. The summed E-state index contributed by atoms with van der Waals surface area (Å²) >= 11 is 0. The highest BCUT2D eigenvalue weighted by Crippen LogP contribution is 2.20. The fraction of sp³-hybridized carbons (Fsp3) is 1.00. The van der Waals surface area contributed by atoms with E-state index in [9.17, 15) is 0 Å². The van der Waals surface area contributed by atoms with Crippen molar-refractivity contribution in [3.63, 3.8) is 0 Å². The second kappa shape index (κ2) is 7.22. The Kier molecular flexibility index (Phi) is 6.28. The zero-order chi connectivity index (χ0) is 11.9.